The molecule has 28 heavy (non-hydrogen) atoms. The van der Waals surface area contributed by atoms with Crippen LogP contribution in [0.1, 0.15) is 67.8 Å². The number of amides is 1. The number of alkyl halides is 3. The summed E-state index contributed by atoms with van der Waals surface area (Å²) in [6.45, 7) is 0.708. The molecule has 2 fully saturated rings. The van der Waals surface area contributed by atoms with Crippen molar-refractivity contribution in [3.05, 3.63) is 35.4 Å². The first-order valence-electron chi connectivity index (χ1n) is 9.74. The van der Waals surface area contributed by atoms with E-state index in [0.29, 0.717) is 24.8 Å². The standard InChI is InChI=1S/C21H25F3N2O2/c1-20(28,21(22,23)24)16-6-4-15(5-7-16)19(27)26(18-10-11-18)17-8-2-14(3-9-17)12-13-25/h4-7,14,17-18,28H,2-3,8-12H2,1H3/t14-,17+,20-/m0/s1. The van der Waals surface area contributed by atoms with Crippen molar-refractivity contribution in [1.82, 2.24) is 4.90 Å². The maximum absolute atomic E-state index is 13.1. The Morgan fingerprint density at radius 1 is 1.11 bits per heavy atom. The van der Waals surface area contributed by atoms with Crippen molar-refractivity contribution in [3.8, 4) is 6.07 Å². The van der Waals surface area contributed by atoms with Crippen molar-refractivity contribution in [2.75, 3.05) is 0 Å². The number of rotatable bonds is 5. The number of benzene rings is 1. The average molecular weight is 394 g/mol. The molecule has 1 N–H and O–H groups in total. The molecule has 0 heterocycles. The Hall–Kier alpha value is -2.07. The Morgan fingerprint density at radius 2 is 1.61 bits per heavy atom. The fraction of sp³-hybridized carbons (Fsp3) is 0.619. The van der Waals surface area contributed by atoms with Gasteiger partial charge in [-0.15, -0.1) is 0 Å². The van der Waals surface area contributed by atoms with Crippen LogP contribution in [-0.4, -0.2) is 34.2 Å². The van der Waals surface area contributed by atoms with Crippen LogP contribution in [0.4, 0.5) is 13.2 Å². The molecule has 0 bridgehead atoms. The van der Waals surface area contributed by atoms with E-state index in [1.54, 1.807) is 0 Å². The van der Waals surface area contributed by atoms with Crippen molar-refractivity contribution in [3.63, 3.8) is 0 Å². The summed E-state index contributed by atoms with van der Waals surface area (Å²) in [6.07, 6.45) is 1.20. The van der Waals surface area contributed by atoms with Crippen LogP contribution in [0.25, 0.3) is 0 Å². The smallest absolute Gasteiger partial charge is 0.376 e. The molecule has 0 aliphatic heterocycles. The second kappa shape index (κ2) is 7.75. The van der Waals surface area contributed by atoms with Gasteiger partial charge in [0.15, 0.2) is 5.60 Å². The highest BCUT2D eigenvalue weighted by molar-refractivity contribution is 5.95. The summed E-state index contributed by atoms with van der Waals surface area (Å²) in [5, 5.41) is 18.6. The molecule has 2 saturated carbocycles. The molecule has 1 atom stereocenters. The lowest BCUT2D eigenvalue weighted by Crippen LogP contribution is -2.44. The molecule has 0 spiro atoms. The largest absolute Gasteiger partial charge is 0.421 e. The van der Waals surface area contributed by atoms with Gasteiger partial charge in [-0.1, -0.05) is 12.1 Å². The van der Waals surface area contributed by atoms with Gasteiger partial charge in [-0.2, -0.15) is 18.4 Å². The molecule has 0 aromatic heterocycles. The van der Waals surface area contributed by atoms with Crippen molar-refractivity contribution >= 4 is 5.91 Å². The van der Waals surface area contributed by atoms with Gasteiger partial charge in [-0.25, -0.2) is 0 Å². The number of carbonyl (C=O) groups excluding carboxylic acids is 1. The minimum Gasteiger partial charge on any atom is -0.376 e. The molecular weight excluding hydrogens is 369 g/mol. The van der Waals surface area contributed by atoms with Crippen molar-refractivity contribution in [1.29, 1.82) is 5.26 Å². The van der Waals surface area contributed by atoms with Gasteiger partial charge in [0.1, 0.15) is 0 Å². The summed E-state index contributed by atoms with van der Waals surface area (Å²) < 4.78 is 39.0. The predicted molar refractivity (Wildman–Crippen MR) is 97.2 cm³/mol. The normalized spacial score (nSPS) is 24.9. The zero-order chi connectivity index (χ0) is 20.5. The third-order valence-corrected chi connectivity index (χ3v) is 6.01. The molecule has 0 radical (unpaired) electrons. The van der Waals surface area contributed by atoms with Crippen LogP contribution in [0.2, 0.25) is 0 Å². The molecule has 7 heteroatoms. The summed E-state index contributed by atoms with van der Waals surface area (Å²) in [5.74, 6) is 0.228. The summed E-state index contributed by atoms with van der Waals surface area (Å²) >= 11 is 0. The van der Waals surface area contributed by atoms with Crippen LogP contribution in [0.3, 0.4) is 0 Å². The number of nitrogens with zero attached hydrogens (tertiary/aromatic N) is 2. The molecule has 2 aliphatic carbocycles. The fourth-order valence-corrected chi connectivity index (χ4v) is 3.99. The van der Waals surface area contributed by atoms with E-state index >= 15 is 0 Å². The van der Waals surface area contributed by atoms with Gasteiger partial charge in [0.05, 0.1) is 6.07 Å². The van der Waals surface area contributed by atoms with Gasteiger partial charge < -0.3 is 10.0 Å². The van der Waals surface area contributed by atoms with E-state index in [-0.39, 0.29) is 23.6 Å². The van der Waals surface area contributed by atoms with Crippen LogP contribution >= 0.6 is 0 Å². The predicted octanol–water partition coefficient (Wildman–Crippen LogP) is 4.53. The zero-order valence-corrected chi connectivity index (χ0v) is 15.9. The quantitative estimate of drug-likeness (QED) is 0.798. The highest BCUT2D eigenvalue weighted by atomic mass is 19.4. The van der Waals surface area contributed by atoms with Crippen LogP contribution in [0, 0.1) is 17.2 Å². The summed E-state index contributed by atoms with van der Waals surface area (Å²) in [7, 11) is 0. The molecule has 2 aliphatic rings. The maximum atomic E-state index is 13.1. The first-order valence-corrected chi connectivity index (χ1v) is 9.74. The maximum Gasteiger partial charge on any atom is 0.421 e. The van der Waals surface area contributed by atoms with Crippen LogP contribution < -0.4 is 0 Å². The van der Waals surface area contributed by atoms with E-state index in [9.17, 15) is 23.1 Å². The topological polar surface area (TPSA) is 64.3 Å². The Morgan fingerprint density at radius 3 is 2.04 bits per heavy atom. The molecular formula is C21H25F3N2O2. The number of halogens is 3. The lowest BCUT2D eigenvalue weighted by atomic mass is 9.83. The molecule has 3 rings (SSSR count). The highest BCUT2D eigenvalue weighted by Crippen LogP contribution is 2.39. The average Bonchev–Trinajstić information content (AvgIpc) is 3.47. The molecule has 4 nitrogen and oxygen atoms in total. The fourth-order valence-electron chi connectivity index (χ4n) is 3.99. The van der Waals surface area contributed by atoms with E-state index in [0.717, 1.165) is 38.5 Å². The minimum atomic E-state index is -4.79. The molecule has 1 amide bonds. The van der Waals surface area contributed by atoms with Crippen LogP contribution in [-0.2, 0) is 5.60 Å². The monoisotopic (exact) mass is 394 g/mol. The van der Waals surface area contributed by atoms with Gasteiger partial charge in [-0.05, 0) is 69.1 Å². The Bertz CT molecular complexity index is 740. The lowest BCUT2D eigenvalue weighted by molar-refractivity contribution is -0.258. The summed E-state index contributed by atoms with van der Waals surface area (Å²) in [4.78, 5) is 15.0. The van der Waals surface area contributed by atoms with Crippen molar-refractivity contribution in [2.24, 2.45) is 5.92 Å². The van der Waals surface area contributed by atoms with E-state index < -0.39 is 11.8 Å². The zero-order valence-electron chi connectivity index (χ0n) is 15.9. The number of hydrogen-bond donors (Lipinski definition) is 1. The Labute approximate surface area is 162 Å². The van der Waals surface area contributed by atoms with Gasteiger partial charge in [0, 0.05) is 24.1 Å². The van der Waals surface area contributed by atoms with E-state index in [1.807, 2.05) is 4.90 Å². The van der Waals surface area contributed by atoms with Gasteiger partial charge in [0.25, 0.3) is 5.91 Å². The summed E-state index contributed by atoms with van der Waals surface area (Å²) in [5.41, 5.74) is -2.90. The third kappa shape index (κ3) is 4.17. The lowest BCUT2D eigenvalue weighted by Gasteiger charge is -2.37. The molecule has 0 unspecified atom stereocenters. The SMILES string of the molecule is C[C@](O)(c1ccc(C(=O)N(C2CC2)[C@H]2CC[C@@H](CC#N)CC2)cc1)C(F)(F)F. The minimum absolute atomic E-state index is 0.118. The third-order valence-electron chi connectivity index (χ3n) is 6.01. The van der Waals surface area contributed by atoms with Gasteiger partial charge >= 0.3 is 6.18 Å². The number of hydrogen-bond acceptors (Lipinski definition) is 3. The Balaban J connectivity index is 1.74. The van der Waals surface area contributed by atoms with Crippen molar-refractivity contribution in [2.45, 2.75) is 75.7 Å². The first kappa shape index (κ1) is 20.7. The second-order valence-electron chi connectivity index (χ2n) is 8.13. The molecule has 1 aromatic carbocycles. The van der Waals surface area contributed by atoms with E-state index in [1.165, 1.54) is 24.3 Å². The number of nitriles is 1. The van der Waals surface area contributed by atoms with Crippen LogP contribution in [0.5, 0.6) is 0 Å². The van der Waals surface area contributed by atoms with Crippen LogP contribution in [0.15, 0.2) is 24.3 Å². The van der Waals surface area contributed by atoms with Gasteiger partial charge in [-0.3, -0.25) is 4.79 Å². The van der Waals surface area contributed by atoms with E-state index in [2.05, 4.69) is 6.07 Å². The van der Waals surface area contributed by atoms with E-state index in [4.69, 9.17) is 5.26 Å². The van der Waals surface area contributed by atoms with Gasteiger partial charge in [0.2, 0.25) is 0 Å². The second-order valence-corrected chi connectivity index (χ2v) is 8.13. The molecule has 1 aromatic rings. The summed E-state index contributed by atoms with van der Waals surface area (Å²) in [6, 6.07) is 7.62. The highest BCUT2D eigenvalue weighted by Gasteiger charge is 2.51. The number of carbonyl (C=O) groups is 1. The number of aliphatic hydroxyl groups is 1. The molecule has 152 valence electrons. The first-order chi connectivity index (χ1) is 13.1. The molecule has 0 saturated heterocycles. The van der Waals surface area contributed by atoms with Crippen molar-refractivity contribution < 1.29 is 23.1 Å². The Kier molecular flexibility index (Phi) is 5.72.